The van der Waals surface area contributed by atoms with Gasteiger partial charge in [-0.3, -0.25) is 20.1 Å². The van der Waals surface area contributed by atoms with Crippen molar-refractivity contribution < 1.29 is 18.7 Å². The summed E-state index contributed by atoms with van der Waals surface area (Å²) >= 11 is 1.25. The number of hydrogen-bond acceptors (Lipinski definition) is 8. The maximum absolute atomic E-state index is 14.8. The van der Waals surface area contributed by atoms with Gasteiger partial charge in [0.2, 0.25) is 5.13 Å². The number of aryl methyl sites for hydroxylation is 3. The van der Waals surface area contributed by atoms with Crippen LogP contribution in [-0.4, -0.2) is 46.4 Å². The third-order valence-electron chi connectivity index (χ3n) is 5.32. The molecule has 1 fully saturated rings. The maximum Gasteiger partial charge on any atom is 0.259 e. The van der Waals surface area contributed by atoms with Crippen LogP contribution in [0.15, 0.2) is 18.5 Å². The molecular weight excluding hydrogens is 481 g/mol. The Morgan fingerprint density at radius 1 is 1.17 bits per heavy atom. The fourth-order valence-corrected chi connectivity index (χ4v) is 3.53. The summed E-state index contributed by atoms with van der Waals surface area (Å²) in [6.07, 6.45) is 6.70. The molecule has 3 aromatic heterocycles. The van der Waals surface area contributed by atoms with Crippen LogP contribution >= 0.6 is 11.3 Å². The molecule has 0 aromatic carbocycles. The Morgan fingerprint density at radius 2 is 1.83 bits per heavy atom. The average Bonchev–Trinajstić information content (AvgIpc) is 3.56. The molecule has 0 bridgehead atoms. The Kier molecular flexibility index (Phi) is 11.8. The van der Waals surface area contributed by atoms with Crippen molar-refractivity contribution in [2.75, 3.05) is 25.6 Å². The van der Waals surface area contributed by atoms with Crippen molar-refractivity contribution in [3.05, 3.63) is 46.2 Å². The summed E-state index contributed by atoms with van der Waals surface area (Å²) in [5, 5.41) is 11.5. The van der Waals surface area contributed by atoms with E-state index in [1.54, 1.807) is 26.8 Å². The third kappa shape index (κ3) is 8.60. The second-order valence-corrected chi connectivity index (χ2v) is 9.86. The number of methoxy groups -OCH3 is 1. The minimum atomic E-state index is -0.546. The van der Waals surface area contributed by atoms with Gasteiger partial charge in [-0.15, -0.1) is 10.2 Å². The number of carbonyl (C=O) groups excluding carboxylic acids is 1. The number of halogens is 1. The van der Waals surface area contributed by atoms with Gasteiger partial charge in [-0.2, -0.15) is 0 Å². The molecule has 0 atom stereocenters. The molecule has 0 radical (unpaired) electrons. The normalized spacial score (nSPS) is 12.4. The lowest BCUT2D eigenvalue weighted by atomic mass is 9.99. The van der Waals surface area contributed by atoms with Crippen molar-refractivity contribution in [1.82, 2.24) is 20.2 Å². The number of nitrogens with zero attached hydrogens (tertiary/aromatic N) is 4. The van der Waals surface area contributed by atoms with E-state index in [2.05, 4.69) is 46.3 Å². The smallest absolute Gasteiger partial charge is 0.259 e. The van der Waals surface area contributed by atoms with E-state index in [4.69, 9.17) is 9.47 Å². The SMILES string of the molecule is C1CCOC1.CCC(C)C.COc1cnc(C)c(F)c1-c1cc(C)ncc1C(=O)Nc1nnc(C)s1. The van der Waals surface area contributed by atoms with Gasteiger partial charge in [0.1, 0.15) is 10.8 Å². The largest absolute Gasteiger partial charge is 0.494 e. The zero-order valence-corrected chi connectivity index (χ0v) is 23.0. The van der Waals surface area contributed by atoms with Crippen LogP contribution in [0.4, 0.5) is 9.52 Å². The highest BCUT2D eigenvalue weighted by Crippen LogP contribution is 2.35. The highest BCUT2D eigenvalue weighted by atomic mass is 32.1. The van der Waals surface area contributed by atoms with E-state index in [9.17, 15) is 9.18 Å². The molecule has 4 heterocycles. The molecule has 3 aromatic rings. The summed E-state index contributed by atoms with van der Waals surface area (Å²) in [6.45, 7) is 13.7. The molecule has 1 aliphatic heterocycles. The second kappa shape index (κ2) is 14.5. The fraction of sp³-hybridized carbons (Fsp3) is 0.500. The highest BCUT2D eigenvalue weighted by Gasteiger charge is 2.22. The summed E-state index contributed by atoms with van der Waals surface area (Å²) in [6, 6.07) is 1.64. The van der Waals surface area contributed by atoms with E-state index < -0.39 is 11.7 Å². The Bertz CT molecular complexity index is 1130. The molecule has 4 rings (SSSR count). The second-order valence-electron chi connectivity index (χ2n) is 8.67. The maximum atomic E-state index is 14.8. The van der Waals surface area contributed by atoms with Gasteiger partial charge in [0, 0.05) is 30.7 Å². The van der Waals surface area contributed by atoms with E-state index in [0.717, 1.165) is 24.1 Å². The number of nitrogens with one attached hydrogen (secondary N) is 1. The van der Waals surface area contributed by atoms with E-state index in [0.29, 0.717) is 16.4 Å². The summed E-state index contributed by atoms with van der Waals surface area (Å²) < 4.78 is 25.0. The van der Waals surface area contributed by atoms with Gasteiger partial charge in [-0.05, 0) is 45.6 Å². The Hall–Kier alpha value is -2.98. The lowest BCUT2D eigenvalue weighted by Gasteiger charge is -2.14. The Morgan fingerprint density at radius 3 is 2.33 bits per heavy atom. The summed E-state index contributed by atoms with van der Waals surface area (Å²) in [7, 11) is 1.42. The Balaban J connectivity index is 0.000000381. The van der Waals surface area contributed by atoms with Crippen molar-refractivity contribution in [2.24, 2.45) is 5.92 Å². The van der Waals surface area contributed by atoms with Crippen LogP contribution in [0.1, 0.15) is 66.8 Å². The van der Waals surface area contributed by atoms with Crippen LogP contribution in [0.5, 0.6) is 5.75 Å². The van der Waals surface area contributed by atoms with E-state index in [-0.39, 0.29) is 22.6 Å². The number of hydrogen-bond donors (Lipinski definition) is 1. The van der Waals surface area contributed by atoms with E-state index in [1.165, 1.54) is 50.1 Å². The van der Waals surface area contributed by atoms with Crippen LogP contribution in [-0.2, 0) is 4.74 Å². The number of rotatable bonds is 5. The predicted octanol–water partition coefficient (Wildman–Crippen LogP) is 6.17. The summed E-state index contributed by atoms with van der Waals surface area (Å²) in [5.41, 5.74) is 1.59. The van der Waals surface area contributed by atoms with Crippen LogP contribution in [0.25, 0.3) is 11.1 Å². The van der Waals surface area contributed by atoms with Crippen LogP contribution < -0.4 is 10.1 Å². The molecule has 0 saturated carbocycles. The van der Waals surface area contributed by atoms with Gasteiger partial charge in [-0.1, -0.05) is 38.5 Å². The molecule has 36 heavy (non-hydrogen) atoms. The summed E-state index contributed by atoms with van der Waals surface area (Å²) in [4.78, 5) is 20.9. The molecule has 1 amide bonds. The van der Waals surface area contributed by atoms with Gasteiger partial charge in [0.15, 0.2) is 5.82 Å². The highest BCUT2D eigenvalue weighted by molar-refractivity contribution is 7.15. The lowest BCUT2D eigenvalue weighted by Crippen LogP contribution is -2.14. The standard InChI is InChI=1S/C17H16FN5O2S.C5H12.C4H8O/c1-8-5-11(14-13(25-4)7-20-9(2)15(14)18)12(6-19-8)16(24)21-17-23-22-10(3)26-17;1-4-5(2)3;1-2-4-5-3-1/h5-7H,1-4H3,(H,21,23,24);5H,4H2,1-3H3;1-4H2. The molecule has 10 heteroatoms. The zero-order chi connectivity index (χ0) is 26.7. The van der Waals surface area contributed by atoms with Crippen molar-refractivity contribution in [3.8, 4) is 16.9 Å². The molecule has 0 unspecified atom stereocenters. The fourth-order valence-electron chi connectivity index (χ4n) is 2.94. The zero-order valence-electron chi connectivity index (χ0n) is 22.1. The number of pyridine rings is 2. The van der Waals surface area contributed by atoms with E-state index in [1.807, 2.05) is 0 Å². The topological polar surface area (TPSA) is 99.1 Å². The van der Waals surface area contributed by atoms with Gasteiger partial charge < -0.3 is 9.47 Å². The molecule has 1 N–H and O–H groups in total. The quantitative estimate of drug-likeness (QED) is 0.432. The number of anilines is 1. The predicted molar refractivity (Wildman–Crippen MR) is 141 cm³/mol. The third-order valence-corrected chi connectivity index (χ3v) is 6.08. The number of aromatic nitrogens is 4. The van der Waals surface area contributed by atoms with Crippen molar-refractivity contribution in [1.29, 1.82) is 0 Å². The van der Waals surface area contributed by atoms with Crippen LogP contribution in [0, 0.1) is 32.5 Å². The minimum Gasteiger partial charge on any atom is -0.494 e. The minimum absolute atomic E-state index is 0.170. The summed E-state index contributed by atoms with van der Waals surface area (Å²) in [5.74, 6) is 0.116. The molecular formula is C26H36FN5O3S. The molecule has 0 aliphatic carbocycles. The first kappa shape index (κ1) is 29.3. The monoisotopic (exact) mass is 517 g/mol. The van der Waals surface area contributed by atoms with Crippen LogP contribution in [0.3, 0.4) is 0 Å². The average molecular weight is 518 g/mol. The molecule has 8 nitrogen and oxygen atoms in total. The van der Waals surface area contributed by atoms with Crippen molar-refractivity contribution >= 4 is 22.4 Å². The van der Waals surface area contributed by atoms with Gasteiger partial charge in [0.05, 0.1) is 30.1 Å². The first-order valence-corrected chi connectivity index (χ1v) is 12.8. The first-order valence-electron chi connectivity index (χ1n) is 12.0. The number of amides is 1. The molecule has 1 aliphatic rings. The van der Waals surface area contributed by atoms with Gasteiger partial charge >= 0.3 is 0 Å². The van der Waals surface area contributed by atoms with Crippen LogP contribution in [0.2, 0.25) is 0 Å². The first-order chi connectivity index (χ1) is 17.2. The van der Waals surface area contributed by atoms with Gasteiger partial charge in [0.25, 0.3) is 5.91 Å². The molecule has 1 saturated heterocycles. The Labute approximate surface area is 216 Å². The number of carbonyl (C=O) groups is 1. The number of ether oxygens (including phenoxy) is 2. The van der Waals surface area contributed by atoms with Crippen molar-refractivity contribution in [3.63, 3.8) is 0 Å². The molecule has 0 spiro atoms. The molecule has 196 valence electrons. The van der Waals surface area contributed by atoms with Crippen molar-refractivity contribution in [2.45, 2.75) is 60.8 Å². The lowest BCUT2D eigenvalue weighted by molar-refractivity contribution is 0.102. The van der Waals surface area contributed by atoms with Gasteiger partial charge in [-0.25, -0.2) is 4.39 Å². The van der Waals surface area contributed by atoms with E-state index >= 15 is 0 Å².